The molecule has 0 aliphatic heterocycles. The third-order valence-corrected chi connectivity index (χ3v) is 2.39. The zero-order valence-electron chi connectivity index (χ0n) is 8.68. The lowest BCUT2D eigenvalue weighted by molar-refractivity contribution is -0.0487. The van der Waals surface area contributed by atoms with Gasteiger partial charge in [-0.15, -0.1) is 0 Å². The third-order valence-electron chi connectivity index (χ3n) is 2.39. The number of halogens is 2. The van der Waals surface area contributed by atoms with Crippen molar-refractivity contribution in [3.05, 3.63) is 36.4 Å². The van der Waals surface area contributed by atoms with Crippen LogP contribution in [0.2, 0.25) is 0 Å². The predicted molar refractivity (Wildman–Crippen MR) is 60.4 cm³/mol. The molecule has 0 fully saturated rings. The average Bonchev–Trinajstić information content (AvgIpc) is 2.27. The zero-order chi connectivity index (χ0) is 12.4. The van der Waals surface area contributed by atoms with E-state index >= 15 is 0 Å². The van der Waals surface area contributed by atoms with Crippen LogP contribution in [0.1, 0.15) is 0 Å². The maximum atomic E-state index is 12.2. The summed E-state index contributed by atoms with van der Waals surface area (Å²) < 4.78 is 28.8. The molecule has 2 aromatic carbocycles. The summed E-state index contributed by atoms with van der Waals surface area (Å²) in [6, 6.07) is 9.35. The van der Waals surface area contributed by atoms with Gasteiger partial charge >= 0.3 is 13.7 Å². The quantitative estimate of drug-likeness (QED) is 0.787. The van der Waals surface area contributed by atoms with Gasteiger partial charge in [-0.1, -0.05) is 30.3 Å². The van der Waals surface area contributed by atoms with E-state index in [0.717, 1.165) is 0 Å². The van der Waals surface area contributed by atoms with Gasteiger partial charge in [0.05, 0.1) is 0 Å². The smallest absolute Gasteiger partial charge is 0.434 e. The van der Waals surface area contributed by atoms with Crippen molar-refractivity contribution in [1.82, 2.24) is 0 Å². The predicted octanol–water partition coefficient (Wildman–Crippen LogP) is 1.12. The molecule has 0 unspecified atom stereocenters. The highest BCUT2D eigenvalue weighted by atomic mass is 19.3. The van der Waals surface area contributed by atoms with Gasteiger partial charge < -0.3 is 14.8 Å². The van der Waals surface area contributed by atoms with Gasteiger partial charge in [-0.05, 0) is 16.9 Å². The molecule has 0 saturated carbocycles. The molecule has 0 radical (unpaired) electrons. The van der Waals surface area contributed by atoms with Crippen molar-refractivity contribution < 1.29 is 23.6 Å². The molecule has 0 saturated heterocycles. The minimum absolute atomic E-state index is 0.0683. The van der Waals surface area contributed by atoms with Gasteiger partial charge in [0.25, 0.3) is 0 Å². The largest absolute Gasteiger partial charge is 0.489 e. The van der Waals surface area contributed by atoms with Crippen LogP contribution in [0.3, 0.4) is 0 Å². The Balaban J connectivity index is 2.67. The van der Waals surface area contributed by atoms with Gasteiger partial charge in [0.2, 0.25) is 0 Å². The summed E-state index contributed by atoms with van der Waals surface area (Å²) in [5.74, 6) is -0.0683. The number of ether oxygens (including phenoxy) is 1. The second-order valence-electron chi connectivity index (χ2n) is 3.45. The monoisotopic (exact) mass is 238 g/mol. The Hall–Kier alpha value is -1.66. The van der Waals surface area contributed by atoms with Crippen molar-refractivity contribution in [1.29, 1.82) is 0 Å². The molecule has 2 rings (SSSR count). The first-order chi connectivity index (χ1) is 8.09. The number of alkyl halides is 2. The number of benzene rings is 2. The van der Waals surface area contributed by atoms with Crippen LogP contribution < -0.4 is 10.2 Å². The minimum atomic E-state index is -2.95. The van der Waals surface area contributed by atoms with Gasteiger partial charge in [-0.2, -0.15) is 8.78 Å². The first-order valence-corrected chi connectivity index (χ1v) is 4.92. The van der Waals surface area contributed by atoms with Gasteiger partial charge in [0, 0.05) is 5.39 Å². The standard InChI is InChI=1S/C11H9BF2O3/c13-11(14)17-9-6-2-4-7-3-1-5-8(10(7)9)12(15)16/h1-6,11,15-16H. The Morgan fingerprint density at radius 1 is 1.06 bits per heavy atom. The minimum Gasteiger partial charge on any atom is -0.434 e. The van der Waals surface area contributed by atoms with Crippen molar-refractivity contribution in [2.24, 2.45) is 0 Å². The molecular weight excluding hydrogens is 229 g/mol. The van der Waals surface area contributed by atoms with Gasteiger partial charge in [-0.25, -0.2) is 0 Å². The molecule has 0 atom stereocenters. The van der Waals surface area contributed by atoms with E-state index in [1.165, 1.54) is 12.1 Å². The van der Waals surface area contributed by atoms with E-state index in [0.29, 0.717) is 5.39 Å². The maximum Gasteiger partial charge on any atom is 0.489 e. The summed E-state index contributed by atoms with van der Waals surface area (Å²) in [6.07, 6.45) is 0. The molecule has 0 aromatic heterocycles. The second-order valence-corrected chi connectivity index (χ2v) is 3.45. The Labute approximate surface area is 96.4 Å². The highest BCUT2D eigenvalue weighted by molar-refractivity contribution is 6.62. The number of rotatable bonds is 3. The van der Waals surface area contributed by atoms with E-state index in [1.54, 1.807) is 24.3 Å². The summed E-state index contributed by atoms with van der Waals surface area (Å²) in [6.45, 7) is -2.95. The van der Waals surface area contributed by atoms with Crippen LogP contribution in [-0.4, -0.2) is 23.8 Å². The Bertz CT molecular complexity index is 526. The molecule has 0 heterocycles. The summed E-state index contributed by atoms with van der Waals surface area (Å²) >= 11 is 0. The normalized spacial score (nSPS) is 10.9. The molecule has 2 N–H and O–H groups in total. The Morgan fingerprint density at radius 2 is 1.71 bits per heavy atom. The number of fused-ring (bicyclic) bond motifs is 1. The number of hydrogen-bond donors (Lipinski definition) is 2. The Morgan fingerprint density at radius 3 is 2.29 bits per heavy atom. The molecule has 3 nitrogen and oxygen atoms in total. The van der Waals surface area contributed by atoms with Crippen molar-refractivity contribution in [2.75, 3.05) is 0 Å². The van der Waals surface area contributed by atoms with Crippen LogP contribution in [0.25, 0.3) is 10.8 Å². The molecule has 0 spiro atoms. The average molecular weight is 238 g/mol. The van der Waals surface area contributed by atoms with E-state index < -0.39 is 13.7 Å². The van der Waals surface area contributed by atoms with E-state index in [1.807, 2.05) is 0 Å². The topological polar surface area (TPSA) is 49.7 Å². The van der Waals surface area contributed by atoms with E-state index in [2.05, 4.69) is 4.74 Å². The first-order valence-electron chi connectivity index (χ1n) is 4.92. The summed E-state index contributed by atoms with van der Waals surface area (Å²) in [7, 11) is -1.74. The van der Waals surface area contributed by atoms with Crippen LogP contribution in [0.15, 0.2) is 36.4 Å². The van der Waals surface area contributed by atoms with Gasteiger partial charge in [0.15, 0.2) is 0 Å². The Kier molecular flexibility index (Phi) is 3.26. The third kappa shape index (κ3) is 2.37. The molecular formula is C11H9BF2O3. The lowest BCUT2D eigenvalue weighted by Crippen LogP contribution is -2.30. The summed E-state index contributed by atoms with van der Waals surface area (Å²) in [5.41, 5.74) is 0.138. The lowest BCUT2D eigenvalue weighted by Gasteiger charge is -2.11. The van der Waals surface area contributed by atoms with Gasteiger partial charge in [0.1, 0.15) is 5.75 Å². The van der Waals surface area contributed by atoms with Crippen LogP contribution in [0.5, 0.6) is 5.75 Å². The van der Waals surface area contributed by atoms with Crippen molar-refractivity contribution >= 4 is 23.4 Å². The van der Waals surface area contributed by atoms with Gasteiger partial charge in [-0.3, -0.25) is 0 Å². The fourth-order valence-electron chi connectivity index (χ4n) is 1.74. The van der Waals surface area contributed by atoms with Crippen LogP contribution in [0.4, 0.5) is 8.78 Å². The molecule has 2 aromatic rings. The highest BCUT2D eigenvalue weighted by Crippen LogP contribution is 2.25. The van der Waals surface area contributed by atoms with Crippen molar-refractivity contribution in [3.63, 3.8) is 0 Å². The maximum absolute atomic E-state index is 12.2. The van der Waals surface area contributed by atoms with E-state index in [4.69, 9.17) is 0 Å². The molecule has 0 aliphatic rings. The molecule has 6 heteroatoms. The fourth-order valence-corrected chi connectivity index (χ4v) is 1.74. The molecule has 0 bridgehead atoms. The van der Waals surface area contributed by atoms with Crippen molar-refractivity contribution in [2.45, 2.75) is 6.61 Å². The summed E-state index contributed by atoms with van der Waals surface area (Å²) in [4.78, 5) is 0. The SMILES string of the molecule is OB(O)c1cccc2cccc(OC(F)F)c12. The summed E-state index contributed by atoms with van der Waals surface area (Å²) in [5, 5.41) is 19.3. The van der Waals surface area contributed by atoms with Crippen molar-refractivity contribution in [3.8, 4) is 5.75 Å². The number of hydrogen-bond acceptors (Lipinski definition) is 3. The second kappa shape index (κ2) is 4.69. The zero-order valence-corrected chi connectivity index (χ0v) is 8.68. The van der Waals surface area contributed by atoms with E-state index in [9.17, 15) is 18.8 Å². The molecule has 0 aliphatic carbocycles. The van der Waals surface area contributed by atoms with Crippen LogP contribution >= 0.6 is 0 Å². The first kappa shape index (κ1) is 11.8. The molecule has 17 heavy (non-hydrogen) atoms. The highest BCUT2D eigenvalue weighted by Gasteiger charge is 2.18. The van der Waals surface area contributed by atoms with Crippen LogP contribution in [-0.2, 0) is 0 Å². The van der Waals surface area contributed by atoms with Crippen LogP contribution in [0, 0.1) is 0 Å². The lowest BCUT2D eigenvalue weighted by atomic mass is 9.77. The molecule has 88 valence electrons. The fraction of sp³-hybridized carbons (Fsp3) is 0.0909. The molecule has 0 amide bonds. The van der Waals surface area contributed by atoms with E-state index in [-0.39, 0.29) is 16.6 Å².